The van der Waals surface area contributed by atoms with Crippen molar-refractivity contribution in [1.29, 1.82) is 0 Å². The highest BCUT2D eigenvalue weighted by Crippen LogP contribution is 2.24. The molecule has 0 radical (unpaired) electrons. The third kappa shape index (κ3) is 4.48. The van der Waals surface area contributed by atoms with E-state index in [1.54, 1.807) is 0 Å². The molecule has 2 heterocycles. The zero-order chi connectivity index (χ0) is 14.4. The molecule has 0 saturated carbocycles. The number of hydrogen-bond acceptors (Lipinski definition) is 4. The molecule has 1 aromatic rings. The predicted octanol–water partition coefficient (Wildman–Crippen LogP) is 3.26. The molecule has 0 aromatic carbocycles. The fraction of sp³-hybridized carbons (Fsp3) is 0.867. The maximum absolute atomic E-state index is 4.39. The zero-order valence-electron chi connectivity index (χ0n) is 13.1. The van der Waals surface area contributed by atoms with E-state index in [2.05, 4.69) is 40.9 Å². The molecule has 0 fully saturated rings. The summed E-state index contributed by atoms with van der Waals surface area (Å²) in [5.41, 5.74) is 0. The first-order valence-electron chi connectivity index (χ1n) is 8.02. The van der Waals surface area contributed by atoms with Crippen LogP contribution in [0.2, 0.25) is 0 Å². The van der Waals surface area contributed by atoms with Crippen molar-refractivity contribution in [3.8, 4) is 0 Å². The van der Waals surface area contributed by atoms with Crippen molar-refractivity contribution in [3.05, 3.63) is 5.82 Å². The van der Waals surface area contributed by atoms with Gasteiger partial charge in [-0.15, -0.1) is 10.2 Å². The molecule has 1 aliphatic rings. The number of thioether (sulfide) groups is 1. The Morgan fingerprint density at radius 3 is 2.90 bits per heavy atom. The summed E-state index contributed by atoms with van der Waals surface area (Å²) in [7, 11) is 0. The van der Waals surface area contributed by atoms with Crippen molar-refractivity contribution in [1.82, 2.24) is 20.1 Å². The van der Waals surface area contributed by atoms with E-state index in [1.807, 2.05) is 11.8 Å². The average molecular weight is 296 g/mol. The second-order valence-corrected chi connectivity index (χ2v) is 7.29. The van der Waals surface area contributed by atoms with Crippen LogP contribution in [0.3, 0.4) is 0 Å². The summed E-state index contributed by atoms with van der Waals surface area (Å²) < 4.78 is 2.34. The smallest absolute Gasteiger partial charge is 0.191 e. The van der Waals surface area contributed by atoms with Gasteiger partial charge in [-0.25, -0.2) is 0 Å². The summed E-state index contributed by atoms with van der Waals surface area (Å²) >= 11 is 1.86. The van der Waals surface area contributed by atoms with Crippen LogP contribution < -0.4 is 5.32 Å². The first-order chi connectivity index (χ1) is 9.70. The number of aryl methyl sites for hydroxylation is 1. The molecule has 1 aliphatic heterocycles. The van der Waals surface area contributed by atoms with Crippen LogP contribution in [0.5, 0.6) is 0 Å². The minimum atomic E-state index is 0.533. The average Bonchev–Trinajstić information content (AvgIpc) is 2.66. The molecule has 0 amide bonds. The Labute approximate surface area is 127 Å². The molecule has 0 spiro atoms. The van der Waals surface area contributed by atoms with E-state index in [-0.39, 0.29) is 0 Å². The number of nitrogens with one attached hydrogen (secondary N) is 1. The highest BCUT2D eigenvalue weighted by molar-refractivity contribution is 7.99. The molecule has 2 atom stereocenters. The number of fused-ring (bicyclic) bond motifs is 1. The molecule has 2 unspecified atom stereocenters. The van der Waals surface area contributed by atoms with E-state index in [0.29, 0.717) is 11.3 Å². The first-order valence-corrected chi connectivity index (χ1v) is 8.90. The Morgan fingerprint density at radius 2 is 2.10 bits per heavy atom. The van der Waals surface area contributed by atoms with Crippen LogP contribution in [0.15, 0.2) is 5.16 Å². The van der Waals surface area contributed by atoms with E-state index >= 15 is 0 Å². The topological polar surface area (TPSA) is 42.7 Å². The second-order valence-electron chi connectivity index (χ2n) is 5.89. The van der Waals surface area contributed by atoms with Crippen LogP contribution in [0.1, 0.15) is 58.7 Å². The number of hydrogen-bond donors (Lipinski definition) is 1. The molecule has 1 N–H and O–H groups in total. The molecule has 2 rings (SSSR count). The van der Waals surface area contributed by atoms with Crippen molar-refractivity contribution < 1.29 is 0 Å². The van der Waals surface area contributed by atoms with Gasteiger partial charge in [-0.1, -0.05) is 38.5 Å². The molecule has 0 aliphatic carbocycles. The predicted molar refractivity (Wildman–Crippen MR) is 85.3 cm³/mol. The van der Waals surface area contributed by atoms with E-state index in [4.69, 9.17) is 0 Å². The van der Waals surface area contributed by atoms with Crippen LogP contribution in [0.4, 0.5) is 0 Å². The fourth-order valence-corrected chi connectivity index (χ4v) is 3.62. The van der Waals surface area contributed by atoms with Gasteiger partial charge >= 0.3 is 0 Å². The van der Waals surface area contributed by atoms with E-state index in [1.165, 1.54) is 37.9 Å². The van der Waals surface area contributed by atoms with Gasteiger partial charge in [-0.3, -0.25) is 0 Å². The Hall–Kier alpha value is -0.550. The number of rotatable bonds is 7. The summed E-state index contributed by atoms with van der Waals surface area (Å²) in [5.74, 6) is 1.18. The van der Waals surface area contributed by atoms with E-state index < -0.39 is 0 Å². The summed E-state index contributed by atoms with van der Waals surface area (Å²) in [6.07, 6.45) is 7.42. The maximum atomic E-state index is 4.39. The second kappa shape index (κ2) is 8.03. The van der Waals surface area contributed by atoms with Crippen LogP contribution in [-0.2, 0) is 13.0 Å². The van der Waals surface area contributed by atoms with Crippen molar-refractivity contribution in [2.24, 2.45) is 0 Å². The third-order valence-electron chi connectivity index (χ3n) is 3.86. The van der Waals surface area contributed by atoms with Gasteiger partial charge in [-0.2, -0.15) is 0 Å². The van der Waals surface area contributed by atoms with Gasteiger partial charge in [0.2, 0.25) is 0 Å². The molecule has 114 valence electrons. The zero-order valence-corrected chi connectivity index (χ0v) is 13.9. The lowest BCUT2D eigenvalue weighted by molar-refractivity contribution is 0.511. The van der Waals surface area contributed by atoms with Crippen molar-refractivity contribution in [2.45, 2.75) is 82.3 Å². The van der Waals surface area contributed by atoms with Crippen LogP contribution in [0.25, 0.3) is 0 Å². The van der Waals surface area contributed by atoms with Crippen LogP contribution >= 0.6 is 11.8 Å². The highest BCUT2D eigenvalue weighted by atomic mass is 32.2. The quantitative estimate of drug-likeness (QED) is 0.784. The maximum Gasteiger partial charge on any atom is 0.191 e. The number of nitrogens with zero attached hydrogens (tertiary/aromatic N) is 3. The van der Waals surface area contributed by atoms with Crippen molar-refractivity contribution >= 4 is 11.8 Å². The Balaban J connectivity index is 1.85. The standard InChI is InChI=1S/C15H28N4S/c1-4-8-12(2)16-11-13(3)20-15-18-17-14-9-6-5-7-10-19(14)15/h12-13,16H,4-11H2,1-3H3. The van der Waals surface area contributed by atoms with Gasteiger partial charge in [-0.05, 0) is 26.2 Å². The minimum absolute atomic E-state index is 0.533. The fourth-order valence-electron chi connectivity index (χ4n) is 2.67. The van der Waals surface area contributed by atoms with Gasteiger partial charge in [0.25, 0.3) is 0 Å². The largest absolute Gasteiger partial charge is 0.313 e. The van der Waals surface area contributed by atoms with Gasteiger partial charge in [0.05, 0.1) is 0 Å². The molecule has 5 heteroatoms. The van der Waals surface area contributed by atoms with Gasteiger partial charge < -0.3 is 9.88 Å². The summed E-state index contributed by atoms with van der Waals surface area (Å²) in [6.45, 7) is 8.91. The van der Waals surface area contributed by atoms with Gasteiger partial charge in [0.1, 0.15) is 5.82 Å². The molecule has 20 heavy (non-hydrogen) atoms. The SMILES string of the molecule is CCCC(C)NCC(C)Sc1nnc2n1CCCCC2. The van der Waals surface area contributed by atoms with E-state index in [0.717, 1.165) is 24.7 Å². The molecule has 0 bridgehead atoms. The normalized spacial score (nSPS) is 18.4. The van der Waals surface area contributed by atoms with Crippen molar-refractivity contribution in [3.63, 3.8) is 0 Å². The molecule has 4 nitrogen and oxygen atoms in total. The lowest BCUT2D eigenvalue weighted by Crippen LogP contribution is -2.31. The molecule has 1 aromatic heterocycles. The third-order valence-corrected chi connectivity index (χ3v) is 4.94. The minimum Gasteiger partial charge on any atom is -0.313 e. The van der Waals surface area contributed by atoms with Crippen LogP contribution in [-0.4, -0.2) is 32.6 Å². The lowest BCUT2D eigenvalue weighted by atomic mass is 10.2. The summed E-state index contributed by atoms with van der Waals surface area (Å²) in [6, 6.07) is 0.610. The van der Waals surface area contributed by atoms with Gasteiger partial charge in [0.15, 0.2) is 5.16 Å². The number of aromatic nitrogens is 3. The molecule has 0 saturated heterocycles. The lowest BCUT2D eigenvalue weighted by Gasteiger charge is -2.17. The first kappa shape index (κ1) is 15.8. The monoisotopic (exact) mass is 296 g/mol. The Morgan fingerprint density at radius 1 is 1.25 bits per heavy atom. The highest BCUT2D eigenvalue weighted by Gasteiger charge is 2.17. The molecular weight excluding hydrogens is 268 g/mol. The summed E-state index contributed by atoms with van der Waals surface area (Å²) in [5, 5.41) is 14.0. The van der Waals surface area contributed by atoms with E-state index in [9.17, 15) is 0 Å². The summed E-state index contributed by atoms with van der Waals surface area (Å²) in [4.78, 5) is 0. The van der Waals surface area contributed by atoms with Crippen molar-refractivity contribution in [2.75, 3.05) is 6.54 Å². The Kier molecular flexibility index (Phi) is 6.36. The molecular formula is C15H28N4S. The Bertz CT molecular complexity index is 405. The van der Waals surface area contributed by atoms with Gasteiger partial charge in [0, 0.05) is 30.8 Å². The van der Waals surface area contributed by atoms with Crippen LogP contribution in [0, 0.1) is 0 Å².